The average Bonchev–Trinajstić information content (AvgIpc) is 3.73. The molecule has 0 unspecified atom stereocenters. The number of anilines is 2. The van der Waals surface area contributed by atoms with Crippen LogP contribution in [-0.2, 0) is 49.6 Å². The Morgan fingerprint density at radius 2 is 1.10 bits per heavy atom. The molecular weight excluding hydrogens is 1120 g/mol. The molecule has 0 saturated carbocycles. The molecule has 18 heteroatoms. The van der Waals surface area contributed by atoms with Crippen molar-refractivity contribution in [3.05, 3.63) is 152 Å². The molecule has 72 heavy (non-hydrogen) atoms. The minimum Gasteiger partial charge on any atom is -0.501 e. The fourth-order valence-corrected chi connectivity index (χ4v) is 10.3. The number of ketones is 1. The maximum atomic E-state index is 13.9. The second kappa shape index (κ2) is 22.0. The normalized spacial score (nSPS) is 17.6. The van der Waals surface area contributed by atoms with Gasteiger partial charge < -0.3 is 39.7 Å². The van der Waals surface area contributed by atoms with Crippen molar-refractivity contribution in [2.45, 2.75) is 85.5 Å². The number of hydrogen-bond donors (Lipinski definition) is 2. The standard InChI is InChI=1S/C35H37Br2N2O5.C15H18BrNO2.C4H2O4.H2O/c1-8-43-31(40)18-38-27-12-10-21(36)14-25(27)34(4,5)29(38)16-23-20(3)24(33(23)42)17-30-35(6,7)26-15-22(37)11-13-28(26)39(30)19-32(41)44-9-2;1-5-19-14(18)9-17-10(2)15(3,4)12-8-11(16)6-7-13(12)17;5-1-2(6)4(8)3(1)7;/h10-17H,8-9,18-19H2,1-7H3;6-8H,2,5,9H2,1,3-4H3;5-6H;1H2/q+1;;;. The van der Waals surface area contributed by atoms with Crippen LogP contribution in [0.5, 0.6) is 11.5 Å². The molecule has 4 aromatic carbocycles. The summed E-state index contributed by atoms with van der Waals surface area (Å²) < 4.78 is 20.5. The Morgan fingerprint density at radius 1 is 0.653 bits per heavy atom. The number of nitrogens with zero attached hydrogens (tertiary/aromatic N) is 3. The molecule has 4 N–H and O–H groups in total. The lowest BCUT2D eigenvalue weighted by molar-refractivity contribution is -0.428. The number of benzene rings is 3. The molecule has 4 aliphatic rings. The SMILES string of the molecule is C=C1N(CC(=O)OCC)c2ccc(Br)cc2C1(C)C.CCOC(=O)CN1C(=CC2=C(C)C(=CC3=[N+](CC(=O)OCC)c4ccc(Br)cc4C3(C)C)C2=O)C(C)(C)c2cc(Br)ccc21.O.O=c1c(O)c(O)c1=O. The van der Waals surface area contributed by atoms with Crippen LogP contribution < -0.4 is 20.7 Å². The molecule has 0 bridgehead atoms. The Balaban J connectivity index is 0.000000281. The Bertz CT molecular complexity index is 3070. The number of hydrogen-bond acceptors (Lipinski definition) is 13. The number of aromatic hydroxyl groups is 2. The van der Waals surface area contributed by atoms with Gasteiger partial charge in [-0.15, -0.1) is 0 Å². The van der Waals surface area contributed by atoms with E-state index in [1.54, 1.807) is 13.8 Å². The Labute approximate surface area is 443 Å². The molecule has 1 aliphatic carbocycles. The molecule has 0 aromatic heterocycles. The second-order valence-corrected chi connectivity index (χ2v) is 21.4. The fourth-order valence-electron chi connectivity index (χ4n) is 9.18. The van der Waals surface area contributed by atoms with Crippen LogP contribution in [-0.4, -0.2) is 89.1 Å². The van der Waals surface area contributed by atoms with Crippen LogP contribution in [0.1, 0.15) is 85.9 Å². The van der Waals surface area contributed by atoms with E-state index >= 15 is 0 Å². The van der Waals surface area contributed by atoms with Gasteiger partial charge in [-0.25, -0.2) is 4.79 Å². The van der Waals surface area contributed by atoms with E-state index in [9.17, 15) is 28.8 Å². The summed E-state index contributed by atoms with van der Waals surface area (Å²) >= 11 is 10.7. The molecule has 3 aliphatic heterocycles. The van der Waals surface area contributed by atoms with Gasteiger partial charge >= 0.3 is 17.9 Å². The van der Waals surface area contributed by atoms with Gasteiger partial charge in [0.25, 0.3) is 10.9 Å². The minimum atomic E-state index is -1.01. The van der Waals surface area contributed by atoms with E-state index in [1.807, 2.05) is 76.8 Å². The van der Waals surface area contributed by atoms with Gasteiger partial charge in [0.1, 0.15) is 13.1 Å². The molecule has 0 atom stereocenters. The smallest absolute Gasteiger partial charge is 0.372 e. The topological polar surface area (TPSA) is 212 Å². The molecule has 3 heterocycles. The highest BCUT2D eigenvalue weighted by Gasteiger charge is 2.48. The molecule has 0 amide bonds. The van der Waals surface area contributed by atoms with Gasteiger partial charge in [0.15, 0.2) is 11.5 Å². The van der Waals surface area contributed by atoms with Crippen molar-refractivity contribution in [1.29, 1.82) is 0 Å². The molecule has 382 valence electrons. The van der Waals surface area contributed by atoms with Gasteiger partial charge in [0, 0.05) is 75.9 Å². The maximum absolute atomic E-state index is 13.9. The predicted octanol–water partition coefficient (Wildman–Crippen LogP) is 8.71. The van der Waals surface area contributed by atoms with Gasteiger partial charge in [-0.1, -0.05) is 82.1 Å². The molecule has 8 rings (SSSR count). The third-order valence-electron chi connectivity index (χ3n) is 13.2. The number of fused-ring (bicyclic) bond motifs is 3. The minimum absolute atomic E-state index is 0. The number of esters is 3. The summed E-state index contributed by atoms with van der Waals surface area (Å²) in [4.78, 5) is 74.7. The van der Waals surface area contributed by atoms with Crippen molar-refractivity contribution in [1.82, 2.24) is 0 Å². The Hall–Kier alpha value is -5.95. The lowest BCUT2D eigenvalue weighted by Gasteiger charge is -2.29. The van der Waals surface area contributed by atoms with E-state index in [-0.39, 0.29) is 54.2 Å². The van der Waals surface area contributed by atoms with Crippen LogP contribution in [0, 0.1) is 0 Å². The maximum Gasteiger partial charge on any atom is 0.372 e. The third-order valence-corrected chi connectivity index (χ3v) is 14.7. The summed E-state index contributed by atoms with van der Waals surface area (Å²) in [6, 6.07) is 18.1. The molecule has 4 aromatic rings. The molecule has 0 spiro atoms. The molecule has 0 radical (unpaired) electrons. The molecule has 15 nitrogen and oxygen atoms in total. The quantitative estimate of drug-likeness (QED) is 0.0474. The van der Waals surface area contributed by atoms with E-state index in [1.165, 1.54) is 5.56 Å². The zero-order valence-corrected chi connectivity index (χ0v) is 46.6. The van der Waals surface area contributed by atoms with Crippen LogP contribution in [0.25, 0.3) is 0 Å². The van der Waals surface area contributed by atoms with Crippen molar-refractivity contribution in [2.24, 2.45) is 0 Å². The van der Waals surface area contributed by atoms with Crippen LogP contribution in [0.3, 0.4) is 0 Å². The van der Waals surface area contributed by atoms with E-state index in [4.69, 9.17) is 24.4 Å². The van der Waals surface area contributed by atoms with E-state index in [2.05, 4.69) is 114 Å². The molecular formula is C54H59Br3N3O12+. The first-order chi connectivity index (χ1) is 33.2. The fraction of sp³-hybridized carbons (Fsp3) is 0.352. The predicted molar refractivity (Wildman–Crippen MR) is 287 cm³/mol. The summed E-state index contributed by atoms with van der Waals surface area (Å²) in [7, 11) is 0. The number of halogens is 3. The van der Waals surface area contributed by atoms with E-state index in [0.29, 0.717) is 31.0 Å². The van der Waals surface area contributed by atoms with Crippen molar-refractivity contribution in [3.8, 4) is 11.5 Å². The highest BCUT2D eigenvalue weighted by molar-refractivity contribution is 9.11. The first kappa shape index (κ1) is 57.0. The van der Waals surface area contributed by atoms with Crippen LogP contribution >= 0.6 is 47.8 Å². The van der Waals surface area contributed by atoms with Crippen LogP contribution in [0.4, 0.5) is 17.1 Å². The zero-order chi connectivity index (χ0) is 52.7. The second-order valence-electron chi connectivity index (χ2n) is 18.7. The summed E-state index contributed by atoms with van der Waals surface area (Å²) in [5, 5.41) is 16.4. The van der Waals surface area contributed by atoms with Crippen molar-refractivity contribution in [3.63, 3.8) is 0 Å². The number of allylic oxidation sites excluding steroid dienone is 7. The van der Waals surface area contributed by atoms with Crippen molar-refractivity contribution >= 4 is 94.3 Å². The lowest BCUT2D eigenvalue weighted by Crippen LogP contribution is -2.34. The molecule has 0 saturated heterocycles. The third kappa shape index (κ3) is 10.7. The molecule has 0 fully saturated rings. The zero-order valence-electron chi connectivity index (χ0n) is 41.8. The van der Waals surface area contributed by atoms with Crippen molar-refractivity contribution < 1.29 is 53.7 Å². The number of ether oxygens (including phenoxy) is 3. The summed E-state index contributed by atoms with van der Waals surface area (Å²) in [5.74, 6) is -2.61. The largest absolute Gasteiger partial charge is 0.501 e. The van der Waals surface area contributed by atoms with Crippen molar-refractivity contribution in [2.75, 3.05) is 49.3 Å². The van der Waals surface area contributed by atoms with Crippen LogP contribution in [0.15, 0.2) is 124 Å². The average molecular weight is 1180 g/mol. The van der Waals surface area contributed by atoms with Gasteiger partial charge in [0.2, 0.25) is 23.7 Å². The first-order valence-corrected chi connectivity index (χ1v) is 25.3. The Morgan fingerprint density at radius 3 is 1.58 bits per heavy atom. The number of Topliss-reactive ketones (excluding diaryl/α,β-unsaturated/α-hetero) is 1. The van der Waals surface area contributed by atoms with Gasteiger partial charge in [-0.3, -0.25) is 24.0 Å². The number of carbonyl (C=O) groups is 4. The number of rotatable bonds is 11. The Kier molecular flexibility index (Phi) is 17.4. The first-order valence-electron chi connectivity index (χ1n) is 22.9. The van der Waals surface area contributed by atoms with E-state index < -0.39 is 33.2 Å². The summed E-state index contributed by atoms with van der Waals surface area (Å²) in [6.07, 6.45) is 3.85. The summed E-state index contributed by atoms with van der Waals surface area (Å²) in [5.41, 5.74) is 7.75. The van der Waals surface area contributed by atoms with Crippen LogP contribution in [0.2, 0.25) is 0 Å². The lowest BCUT2D eigenvalue weighted by atomic mass is 9.75. The van der Waals surface area contributed by atoms with Gasteiger partial charge in [0.05, 0.1) is 25.2 Å². The van der Waals surface area contributed by atoms with E-state index in [0.717, 1.165) is 64.3 Å². The monoisotopic (exact) mass is 1180 g/mol. The highest BCUT2D eigenvalue weighted by atomic mass is 79.9. The highest BCUT2D eigenvalue weighted by Crippen LogP contribution is 2.51. The van der Waals surface area contributed by atoms with Gasteiger partial charge in [-0.05, 0) is 113 Å². The van der Waals surface area contributed by atoms with Gasteiger partial charge in [-0.2, -0.15) is 4.58 Å². The number of carbonyl (C=O) groups excluding carboxylic acids is 4. The summed E-state index contributed by atoms with van der Waals surface area (Å²) in [6.45, 7) is 25.4.